The third-order valence-electron chi connectivity index (χ3n) is 2.97. The maximum Gasteiger partial charge on any atom is 0.275 e. The first kappa shape index (κ1) is 12.8. The first-order valence-corrected chi connectivity index (χ1v) is 6.30. The number of benzene rings is 1. The van der Waals surface area contributed by atoms with E-state index in [1.807, 2.05) is 25.1 Å². The van der Waals surface area contributed by atoms with Gasteiger partial charge in [-0.05, 0) is 54.4 Å². The summed E-state index contributed by atoms with van der Waals surface area (Å²) in [6, 6.07) is 5.65. The van der Waals surface area contributed by atoms with Crippen molar-refractivity contribution in [1.29, 1.82) is 0 Å². The van der Waals surface area contributed by atoms with Gasteiger partial charge < -0.3 is 0 Å². The molecule has 0 saturated carbocycles. The molecule has 5 heteroatoms. The van der Waals surface area contributed by atoms with Crippen LogP contribution in [0.15, 0.2) is 33.8 Å². The van der Waals surface area contributed by atoms with E-state index in [2.05, 4.69) is 21.4 Å². The van der Waals surface area contributed by atoms with Crippen LogP contribution in [0.2, 0.25) is 0 Å². The third kappa shape index (κ3) is 2.06. The van der Waals surface area contributed by atoms with Crippen LogP contribution in [0.1, 0.15) is 19.4 Å². The summed E-state index contributed by atoms with van der Waals surface area (Å²) in [7, 11) is 0. The fourth-order valence-electron chi connectivity index (χ4n) is 1.68. The van der Waals surface area contributed by atoms with Gasteiger partial charge in [-0.15, -0.1) is 0 Å². The molecule has 1 aromatic carbocycles. The number of hydrazine groups is 1. The zero-order chi connectivity index (χ0) is 13.4. The smallest absolute Gasteiger partial charge is 0.275 e. The van der Waals surface area contributed by atoms with Crippen LogP contribution in [0, 0.1) is 6.92 Å². The molecule has 0 spiro atoms. The Bertz CT molecular complexity index is 554. The van der Waals surface area contributed by atoms with E-state index in [1.54, 1.807) is 13.8 Å². The summed E-state index contributed by atoms with van der Waals surface area (Å²) in [5.74, 6) is -0.602. The first-order chi connectivity index (χ1) is 8.41. The van der Waals surface area contributed by atoms with E-state index >= 15 is 0 Å². The van der Waals surface area contributed by atoms with Crippen LogP contribution in [0.5, 0.6) is 0 Å². The highest BCUT2D eigenvalue weighted by atomic mass is 79.9. The summed E-state index contributed by atoms with van der Waals surface area (Å²) < 4.78 is 0.810. The van der Waals surface area contributed by atoms with Gasteiger partial charge in [-0.2, -0.15) is 5.01 Å². The first-order valence-electron chi connectivity index (χ1n) is 5.51. The predicted octanol–water partition coefficient (Wildman–Crippen LogP) is 2.79. The van der Waals surface area contributed by atoms with Crippen molar-refractivity contribution in [2.45, 2.75) is 20.8 Å². The Morgan fingerprint density at radius 2 is 1.61 bits per heavy atom. The summed E-state index contributed by atoms with van der Waals surface area (Å²) in [4.78, 5) is 23.8. The minimum atomic E-state index is -0.301. The van der Waals surface area contributed by atoms with Crippen LogP contribution in [0.25, 0.3) is 0 Å². The molecular weight excluding hydrogens is 296 g/mol. The van der Waals surface area contributed by atoms with Gasteiger partial charge in [-0.1, -0.05) is 6.07 Å². The summed E-state index contributed by atoms with van der Waals surface area (Å²) in [5, 5.41) is 1.04. The summed E-state index contributed by atoms with van der Waals surface area (Å²) >= 11 is 3.40. The van der Waals surface area contributed by atoms with Crippen LogP contribution in [0.3, 0.4) is 0 Å². The number of aryl methyl sites for hydroxylation is 1. The van der Waals surface area contributed by atoms with Crippen LogP contribution in [-0.4, -0.2) is 16.8 Å². The van der Waals surface area contributed by atoms with E-state index in [0.29, 0.717) is 16.8 Å². The Hall–Kier alpha value is -1.62. The topological polar surface area (TPSA) is 49.4 Å². The number of hydrogen-bond donors (Lipinski definition) is 1. The number of imide groups is 1. The molecule has 18 heavy (non-hydrogen) atoms. The fourth-order valence-corrected chi connectivity index (χ4v) is 2.26. The maximum absolute atomic E-state index is 11.9. The minimum absolute atomic E-state index is 0.301. The van der Waals surface area contributed by atoms with Gasteiger partial charge in [-0.25, -0.2) is 0 Å². The number of amides is 2. The number of hydrogen-bond acceptors (Lipinski definition) is 3. The Balaban J connectivity index is 2.26. The number of carbonyl (C=O) groups is 2. The third-order valence-corrected chi connectivity index (χ3v) is 3.62. The van der Waals surface area contributed by atoms with Gasteiger partial charge in [0.1, 0.15) is 0 Å². The molecule has 0 aliphatic carbocycles. The zero-order valence-electron chi connectivity index (χ0n) is 10.4. The number of rotatable bonds is 2. The second-order valence-electron chi connectivity index (χ2n) is 4.29. The Kier molecular flexibility index (Phi) is 3.26. The van der Waals surface area contributed by atoms with Crippen LogP contribution < -0.4 is 5.43 Å². The molecule has 4 nitrogen and oxygen atoms in total. The minimum Gasteiger partial charge on any atom is -0.287 e. The second kappa shape index (κ2) is 4.57. The molecule has 2 amide bonds. The average molecular weight is 309 g/mol. The average Bonchev–Trinajstić information content (AvgIpc) is 2.50. The molecule has 0 fully saturated rings. The van der Waals surface area contributed by atoms with Gasteiger partial charge in [0.15, 0.2) is 0 Å². The van der Waals surface area contributed by atoms with Gasteiger partial charge in [0.05, 0.1) is 5.69 Å². The number of nitrogens with one attached hydrogen (secondary N) is 1. The van der Waals surface area contributed by atoms with E-state index in [0.717, 1.165) is 15.0 Å². The van der Waals surface area contributed by atoms with Gasteiger partial charge >= 0.3 is 0 Å². The lowest BCUT2D eigenvalue weighted by Gasteiger charge is -2.18. The van der Waals surface area contributed by atoms with Gasteiger partial charge in [-0.3, -0.25) is 15.0 Å². The van der Waals surface area contributed by atoms with Gasteiger partial charge in [0.25, 0.3) is 11.8 Å². The summed E-state index contributed by atoms with van der Waals surface area (Å²) in [5.41, 5.74) is 5.59. The quantitative estimate of drug-likeness (QED) is 0.855. The molecule has 0 atom stereocenters. The van der Waals surface area contributed by atoms with Crippen molar-refractivity contribution in [3.05, 3.63) is 39.4 Å². The Morgan fingerprint density at radius 3 is 2.11 bits per heavy atom. The van der Waals surface area contributed by atoms with Crippen molar-refractivity contribution < 1.29 is 9.59 Å². The van der Waals surface area contributed by atoms with E-state index in [1.165, 1.54) is 0 Å². The molecule has 1 heterocycles. The lowest BCUT2D eigenvalue weighted by molar-refractivity contribution is -0.135. The Labute approximate surface area is 114 Å². The zero-order valence-corrected chi connectivity index (χ0v) is 12.0. The van der Waals surface area contributed by atoms with Crippen molar-refractivity contribution in [2.75, 3.05) is 5.43 Å². The second-order valence-corrected chi connectivity index (χ2v) is 5.15. The molecule has 0 saturated heterocycles. The molecule has 0 unspecified atom stereocenters. The maximum atomic E-state index is 11.9. The van der Waals surface area contributed by atoms with Crippen molar-refractivity contribution >= 4 is 33.4 Å². The lowest BCUT2D eigenvalue weighted by atomic mass is 10.2. The predicted molar refractivity (Wildman–Crippen MR) is 72.7 cm³/mol. The van der Waals surface area contributed by atoms with E-state index in [9.17, 15) is 9.59 Å². The Morgan fingerprint density at radius 1 is 1.06 bits per heavy atom. The highest BCUT2D eigenvalue weighted by Crippen LogP contribution is 2.26. The molecule has 0 bridgehead atoms. The number of carbonyl (C=O) groups excluding carboxylic acids is 2. The van der Waals surface area contributed by atoms with E-state index in [-0.39, 0.29) is 11.8 Å². The number of halogens is 1. The summed E-state index contributed by atoms with van der Waals surface area (Å²) in [6.07, 6.45) is 0. The van der Waals surface area contributed by atoms with E-state index < -0.39 is 0 Å². The molecule has 1 N–H and O–H groups in total. The lowest BCUT2D eigenvalue weighted by Crippen LogP contribution is -2.36. The standard InChI is InChI=1S/C13H13BrN2O2/c1-7-4-5-11(10(14)6-7)15-16-12(17)8(2)9(3)13(16)18/h4-6,15H,1-3H3. The largest absolute Gasteiger partial charge is 0.287 e. The highest BCUT2D eigenvalue weighted by Gasteiger charge is 2.33. The van der Waals surface area contributed by atoms with Crippen LogP contribution >= 0.6 is 15.9 Å². The molecular formula is C13H13BrN2O2. The fraction of sp³-hybridized carbons (Fsp3) is 0.231. The van der Waals surface area contributed by atoms with Crippen molar-refractivity contribution in [3.8, 4) is 0 Å². The molecule has 1 aliphatic rings. The molecule has 1 aliphatic heterocycles. The normalized spacial score (nSPS) is 15.7. The van der Waals surface area contributed by atoms with Crippen molar-refractivity contribution in [2.24, 2.45) is 0 Å². The molecule has 0 aromatic heterocycles. The van der Waals surface area contributed by atoms with Crippen LogP contribution in [0.4, 0.5) is 5.69 Å². The SMILES string of the molecule is CC1=C(C)C(=O)N(Nc2ccc(C)cc2Br)C1=O. The van der Waals surface area contributed by atoms with Gasteiger partial charge in [0, 0.05) is 15.6 Å². The number of nitrogens with zero attached hydrogens (tertiary/aromatic N) is 1. The van der Waals surface area contributed by atoms with Crippen molar-refractivity contribution in [1.82, 2.24) is 5.01 Å². The molecule has 2 rings (SSSR count). The van der Waals surface area contributed by atoms with Crippen molar-refractivity contribution in [3.63, 3.8) is 0 Å². The van der Waals surface area contributed by atoms with Crippen LogP contribution in [-0.2, 0) is 9.59 Å². The molecule has 94 valence electrons. The summed E-state index contributed by atoms with van der Waals surface area (Å²) in [6.45, 7) is 5.28. The monoisotopic (exact) mass is 308 g/mol. The molecule has 1 aromatic rings. The highest BCUT2D eigenvalue weighted by molar-refractivity contribution is 9.10. The van der Waals surface area contributed by atoms with Gasteiger partial charge in [0.2, 0.25) is 0 Å². The van der Waals surface area contributed by atoms with E-state index in [4.69, 9.17) is 0 Å². The molecule has 0 radical (unpaired) electrons. The number of anilines is 1.